The van der Waals surface area contributed by atoms with Crippen LogP contribution >= 0.6 is 0 Å². The van der Waals surface area contributed by atoms with Crippen LogP contribution in [0.15, 0.2) is 18.2 Å². The lowest BCUT2D eigenvalue weighted by Crippen LogP contribution is -2.52. The standard InChI is InChI=1S/C17H19N3O4/c21-9-10-6-19(7-10)12-1-2-13-11(5-12)8-20(17(13)24)14-3-4-15(22)18-16(14)23/h1-2,5,10,14,21H,3-4,6-9H2,(H,18,22,23). The maximum atomic E-state index is 12.6. The number of imide groups is 1. The number of hydrogen-bond acceptors (Lipinski definition) is 5. The van der Waals surface area contributed by atoms with Gasteiger partial charge in [0, 0.05) is 49.8 Å². The fourth-order valence-electron chi connectivity index (χ4n) is 3.65. The number of anilines is 1. The van der Waals surface area contributed by atoms with Gasteiger partial charge in [-0.2, -0.15) is 0 Å². The van der Waals surface area contributed by atoms with E-state index in [2.05, 4.69) is 10.2 Å². The number of fused-ring (bicyclic) bond motifs is 1. The van der Waals surface area contributed by atoms with Crippen LogP contribution in [-0.4, -0.2) is 53.5 Å². The summed E-state index contributed by atoms with van der Waals surface area (Å²) in [5.74, 6) is -0.497. The molecule has 3 amide bonds. The molecule has 0 saturated carbocycles. The molecule has 1 aromatic rings. The molecule has 7 heteroatoms. The van der Waals surface area contributed by atoms with E-state index in [0.29, 0.717) is 24.4 Å². The van der Waals surface area contributed by atoms with Gasteiger partial charge >= 0.3 is 0 Å². The summed E-state index contributed by atoms with van der Waals surface area (Å²) in [6.45, 7) is 2.23. The number of carbonyl (C=O) groups is 3. The molecule has 7 nitrogen and oxygen atoms in total. The average molecular weight is 329 g/mol. The van der Waals surface area contributed by atoms with Crippen LogP contribution in [0.25, 0.3) is 0 Å². The summed E-state index contributed by atoms with van der Waals surface area (Å²) in [5, 5.41) is 11.4. The number of rotatable bonds is 3. The predicted molar refractivity (Wildman–Crippen MR) is 85.3 cm³/mol. The Labute approximate surface area is 139 Å². The molecule has 0 bridgehead atoms. The Morgan fingerprint density at radius 3 is 2.71 bits per heavy atom. The van der Waals surface area contributed by atoms with Crippen LogP contribution < -0.4 is 10.2 Å². The molecule has 1 unspecified atom stereocenters. The summed E-state index contributed by atoms with van der Waals surface area (Å²) >= 11 is 0. The summed E-state index contributed by atoms with van der Waals surface area (Å²) in [6, 6.07) is 5.14. The van der Waals surface area contributed by atoms with Crippen molar-refractivity contribution in [1.82, 2.24) is 10.2 Å². The largest absolute Gasteiger partial charge is 0.396 e. The van der Waals surface area contributed by atoms with Crippen molar-refractivity contribution in [3.8, 4) is 0 Å². The highest BCUT2D eigenvalue weighted by molar-refractivity contribution is 6.05. The number of hydrogen-bond donors (Lipinski definition) is 2. The number of carbonyl (C=O) groups excluding carboxylic acids is 3. The Balaban J connectivity index is 1.52. The molecule has 4 rings (SSSR count). The molecule has 24 heavy (non-hydrogen) atoms. The number of amides is 3. The van der Waals surface area contributed by atoms with Gasteiger partial charge in [-0.15, -0.1) is 0 Å². The summed E-state index contributed by atoms with van der Waals surface area (Å²) in [6.07, 6.45) is 0.639. The minimum absolute atomic E-state index is 0.150. The molecule has 126 valence electrons. The number of aliphatic hydroxyl groups is 1. The lowest BCUT2D eigenvalue weighted by atomic mass is 9.99. The van der Waals surface area contributed by atoms with Gasteiger partial charge < -0.3 is 14.9 Å². The molecular weight excluding hydrogens is 310 g/mol. The molecule has 0 aliphatic carbocycles. The van der Waals surface area contributed by atoms with E-state index < -0.39 is 6.04 Å². The number of piperidine rings is 1. The highest BCUT2D eigenvalue weighted by atomic mass is 16.3. The van der Waals surface area contributed by atoms with E-state index >= 15 is 0 Å². The number of nitrogens with zero attached hydrogens (tertiary/aromatic N) is 2. The minimum atomic E-state index is -0.575. The molecule has 0 spiro atoms. The van der Waals surface area contributed by atoms with E-state index in [1.807, 2.05) is 18.2 Å². The van der Waals surface area contributed by atoms with Crippen molar-refractivity contribution in [2.24, 2.45) is 5.92 Å². The van der Waals surface area contributed by atoms with E-state index in [1.54, 1.807) is 4.90 Å². The van der Waals surface area contributed by atoms with E-state index in [-0.39, 0.29) is 30.7 Å². The van der Waals surface area contributed by atoms with Crippen LogP contribution in [0.2, 0.25) is 0 Å². The zero-order valence-corrected chi connectivity index (χ0v) is 13.2. The van der Waals surface area contributed by atoms with Crippen LogP contribution in [0.4, 0.5) is 5.69 Å². The SMILES string of the molecule is O=C1CCC(N2Cc3cc(N4CC(CO)C4)ccc3C2=O)C(=O)N1. The van der Waals surface area contributed by atoms with Crippen molar-refractivity contribution >= 4 is 23.4 Å². The summed E-state index contributed by atoms with van der Waals surface area (Å²) in [4.78, 5) is 39.6. The first kappa shape index (κ1) is 15.1. The first-order valence-corrected chi connectivity index (χ1v) is 8.20. The molecule has 3 heterocycles. The molecule has 0 aromatic heterocycles. The minimum Gasteiger partial charge on any atom is -0.396 e. The van der Waals surface area contributed by atoms with E-state index in [0.717, 1.165) is 24.3 Å². The highest BCUT2D eigenvalue weighted by Crippen LogP contribution is 2.32. The summed E-state index contributed by atoms with van der Waals surface area (Å²) in [7, 11) is 0. The maximum Gasteiger partial charge on any atom is 0.255 e. The number of nitrogens with one attached hydrogen (secondary N) is 1. The van der Waals surface area contributed by atoms with Crippen molar-refractivity contribution in [3.63, 3.8) is 0 Å². The summed E-state index contributed by atoms with van der Waals surface area (Å²) < 4.78 is 0. The van der Waals surface area contributed by atoms with Crippen molar-refractivity contribution in [3.05, 3.63) is 29.3 Å². The predicted octanol–water partition coefficient (Wildman–Crippen LogP) is -0.124. The topological polar surface area (TPSA) is 90.0 Å². The van der Waals surface area contributed by atoms with Crippen LogP contribution in [0.1, 0.15) is 28.8 Å². The second kappa shape index (κ2) is 5.59. The van der Waals surface area contributed by atoms with Crippen molar-refractivity contribution < 1.29 is 19.5 Å². The third kappa shape index (κ3) is 2.36. The molecule has 3 aliphatic heterocycles. The molecule has 3 aliphatic rings. The zero-order valence-electron chi connectivity index (χ0n) is 13.2. The normalized spacial score (nSPS) is 24.0. The molecule has 0 radical (unpaired) electrons. The first-order valence-electron chi connectivity index (χ1n) is 8.20. The number of aliphatic hydroxyl groups excluding tert-OH is 1. The monoisotopic (exact) mass is 329 g/mol. The molecular formula is C17H19N3O4. The molecule has 2 saturated heterocycles. The molecule has 2 N–H and O–H groups in total. The first-order chi connectivity index (χ1) is 11.6. The quantitative estimate of drug-likeness (QED) is 0.755. The van der Waals surface area contributed by atoms with Gasteiger partial charge in [0.1, 0.15) is 6.04 Å². The van der Waals surface area contributed by atoms with Crippen molar-refractivity contribution in [2.45, 2.75) is 25.4 Å². The lowest BCUT2D eigenvalue weighted by molar-refractivity contribution is -0.136. The van der Waals surface area contributed by atoms with Crippen LogP contribution in [0.5, 0.6) is 0 Å². The third-order valence-corrected chi connectivity index (χ3v) is 5.09. The van der Waals surface area contributed by atoms with Gasteiger partial charge in [0.15, 0.2) is 0 Å². The summed E-state index contributed by atoms with van der Waals surface area (Å²) in [5.41, 5.74) is 2.58. The van der Waals surface area contributed by atoms with Gasteiger partial charge in [-0.1, -0.05) is 0 Å². The zero-order chi connectivity index (χ0) is 16.8. The number of benzene rings is 1. The third-order valence-electron chi connectivity index (χ3n) is 5.09. The van der Waals surface area contributed by atoms with Crippen LogP contribution in [-0.2, 0) is 16.1 Å². The maximum absolute atomic E-state index is 12.6. The van der Waals surface area contributed by atoms with Gasteiger partial charge in [-0.05, 0) is 30.2 Å². The van der Waals surface area contributed by atoms with Crippen LogP contribution in [0, 0.1) is 5.92 Å². The van der Waals surface area contributed by atoms with E-state index in [4.69, 9.17) is 5.11 Å². The second-order valence-corrected chi connectivity index (χ2v) is 6.69. The van der Waals surface area contributed by atoms with Gasteiger partial charge in [-0.3, -0.25) is 19.7 Å². The van der Waals surface area contributed by atoms with Gasteiger partial charge in [0.25, 0.3) is 5.91 Å². The van der Waals surface area contributed by atoms with Gasteiger partial charge in [0.2, 0.25) is 11.8 Å². The Hall–Kier alpha value is -2.41. The Morgan fingerprint density at radius 1 is 1.21 bits per heavy atom. The van der Waals surface area contributed by atoms with Crippen molar-refractivity contribution in [1.29, 1.82) is 0 Å². The fourth-order valence-corrected chi connectivity index (χ4v) is 3.65. The molecule has 1 aromatic carbocycles. The Kier molecular flexibility index (Phi) is 3.53. The highest BCUT2D eigenvalue weighted by Gasteiger charge is 2.39. The van der Waals surface area contributed by atoms with E-state index in [1.165, 1.54) is 0 Å². The smallest absolute Gasteiger partial charge is 0.255 e. The molecule has 1 atom stereocenters. The Morgan fingerprint density at radius 2 is 2.00 bits per heavy atom. The average Bonchev–Trinajstić information content (AvgIpc) is 2.83. The lowest BCUT2D eigenvalue weighted by Gasteiger charge is -2.40. The van der Waals surface area contributed by atoms with Crippen molar-refractivity contribution in [2.75, 3.05) is 24.6 Å². The Bertz CT molecular complexity index is 727. The fraction of sp³-hybridized carbons (Fsp3) is 0.471. The van der Waals surface area contributed by atoms with Crippen LogP contribution in [0.3, 0.4) is 0 Å². The van der Waals surface area contributed by atoms with Gasteiger partial charge in [-0.25, -0.2) is 0 Å². The second-order valence-electron chi connectivity index (χ2n) is 6.69. The van der Waals surface area contributed by atoms with E-state index in [9.17, 15) is 14.4 Å². The van der Waals surface area contributed by atoms with Gasteiger partial charge in [0.05, 0.1) is 0 Å². The molecule has 2 fully saturated rings.